The monoisotopic (exact) mass is 679 g/mol. The first-order valence-electron chi connectivity index (χ1n) is 14.7. The number of amides is 1. The fraction of sp³-hybridized carbons (Fsp3) is 0.273. The number of halogens is 1. The van der Waals surface area contributed by atoms with Crippen molar-refractivity contribution in [1.82, 2.24) is 10.2 Å². The van der Waals surface area contributed by atoms with E-state index in [-0.39, 0.29) is 16.5 Å². The minimum atomic E-state index is -1.03. The lowest BCUT2D eigenvalue weighted by Gasteiger charge is -2.24. The number of aromatic nitrogens is 2. The second kappa shape index (κ2) is 14.0. The summed E-state index contributed by atoms with van der Waals surface area (Å²) < 4.78 is 23.7. The van der Waals surface area contributed by atoms with Gasteiger partial charge in [-0.25, -0.2) is 0 Å². The normalized spacial score (nSPS) is 16.9. The van der Waals surface area contributed by atoms with E-state index >= 15 is 0 Å². The Balaban J connectivity index is 1.42. The van der Waals surface area contributed by atoms with Gasteiger partial charge in [0.25, 0.3) is 5.78 Å². The van der Waals surface area contributed by atoms with Gasteiger partial charge in [0.1, 0.15) is 19.0 Å². The molecule has 10 nitrogen and oxygen atoms in total. The number of benzene rings is 3. The molecule has 2 aliphatic heterocycles. The predicted octanol–water partition coefficient (Wildman–Crippen LogP) is 7.07. The number of Topliss-reactive ketones (excluding diaryl/α,β-unsaturated/α-hetero) is 1. The number of hydrogen-bond donors (Lipinski definition) is 1. The van der Waals surface area contributed by atoms with Crippen LogP contribution in [-0.2, 0) is 15.3 Å². The number of nitrogens with zero attached hydrogens (tertiary/aromatic N) is 3. The highest BCUT2D eigenvalue weighted by atomic mass is 35.5. The Morgan fingerprint density at radius 3 is 2.54 bits per heavy atom. The summed E-state index contributed by atoms with van der Waals surface area (Å²) in [5.41, 5.74) is 1.77. The molecule has 1 atom stereocenters. The summed E-state index contributed by atoms with van der Waals surface area (Å²) in [6, 6.07) is 16.6. The molecule has 1 fully saturated rings. The number of carbonyl (C=O) groups is 2. The summed E-state index contributed by atoms with van der Waals surface area (Å²) in [7, 11) is 0. The molecule has 1 aromatic heterocycles. The molecule has 0 unspecified atom stereocenters. The van der Waals surface area contributed by atoms with Crippen molar-refractivity contribution in [3.8, 4) is 23.0 Å². The number of rotatable bonds is 11. The topological polar surface area (TPSA) is 120 Å². The number of ketones is 1. The molecule has 1 amide bonds. The van der Waals surface area contributed by atoms with Crippen LogP contribution in [0.2, 0.25) is 5.02 Å². The fourth-order valence-electron chi connectivity index (χ4n) is 5.07. The van der Waals surface area contributed by atoms with Gasteiger partial charge in [-0.3, -0.25) is 14.5 Å². The van der Waals surface area contributed by atoms with Crippen LogP contribution in [-0.4, -0.2) is 53.4 Å². The number of thioether (sulfide) groups is 1. The Hall–Kier alpha value is -4.26. The van der Waals surface area contributed by atoms with Crippen molar-refractivity contribution in [2.24, 2.45) is 0 Å². The van der Waals surface area contributed by atoms with Gasteiger partial charge in [-0.05, 0) is 66.9 Å². The highest BCUT2D eigenvalue weighted by Crippen LogP contribution is 2.46. The smallest absolute Gasteiger partial charge is 0.301 e. The molecule has 0 saturated carbocycles. The lowest BCUT2D eigenvalue weighted by Crippen LogP contribution is -2.29. The van der Waals surface area contributed by atoms with Crippen LogP contribution in [0, 0.1) is 0 Å². The van der Waals surface area contributed by atoms with E-state index < -0.39 is 17.7 Å². The van der Waals surface area contributed by atoms with Gasteiger partial charge in [-0.1, -0.05) is 59.8 Å². The Morgan fingerprint density at radius 1 is 1.00 bits per heavy atom. The molecule has 3 heterocycles. The molecule has 4 aromatic rings. The summed E-state index contributed by atoms with van der Waals surface area (Å²) in [4.78, 5) is 28.8. The summed E-state index contributed by atoms with van der Waals surface area (Å²) in [6.07, 6.45) is 0.804. The van der Waals surface area contributed by atoms with Gasteiger partial charge in [0.15, 0.2) is 27.3 Å². The van der Waals surface area contributed by atoms with Crippen LogP contribution in [0.25, 0.3) is 5.76 Å². The highest BCUT2D eigenvalue weighted by molar-refractivity contribution is 8.00. The number of fused-ring (bicyclic) bond motifs is 1. The predicted molar refractivity (Wildman–Crippen MR) is 177 cm³/mol. The van der Waals surface area contributed by atoms with E-state index in [0.717, 1.165) is 12.0 Å². The van der Waals surface area contributed by atoms with Gasteiger partial charge in [0, 0.05) is 16.3 Å². The van der Waals surface area contributed by atoms with Crippen LogP contribution in [0.15, 0.2) is 70.6 Å². The molecule has 3 aromatic carbocycles. The molecule has 0 spiro atoms. The highest BCUT2D eigenvalue weighted by Gasteiger charge is 2.48. The Morgan fingerprint density at radius 2 is 1.78 bits per heavy atom. The zero-order valence-corrected chi connectivity index (χ0v) is 27.4. The molecule has 2 aliphatic rings. The van der Waals surface area contributed by atoms with Crippen molar-refractivity contribution in [3.63, 3.8) is 0 Å². The molecular formula is C33H30ClN3O7S2. The number of aliphatic hydroxyl groups excluding tert-OH is 1. The first-order chi connectivity index (χ1) is 22.4. The van der Waals surface area contributed by atoms with Crippen molar-refractivity contribution in [3.05, 3.63) is 87.9 Å². The van der Waals surface area contributed by atoms with E-state index in [1.807, 2.05) is 38.1 Å². The van der Waals surface area contributed by atoms with Crippen LogP contribution >= 0.6 is 34.7 Å². The molecular weight excluding hydrogens is 650 g/mol. The first-order valence-corrected chi connectivity index (χ1v) is 16.9. The average Bonchev–Trinajstić information content (AvgIpc) is 3.65. The lowest BCUT2D eigenvalue weighted by molar-refractivity contribution is -0.132. The zero-order valence-electron chi connectivity index (χ0n) is 25.0. The van der Waals surface area contributed by atoms with Crippen molar-refractivity contribution in [2.45, 2.75) is 36.4 Å². The van der Waals surface area contributed by atoms with E-state index in [0.29, 0.717) is 75.7 Å². The number of ether oxygens (including phenoxy) is 4. The van der Waals surface area contributed by atoms with Crippen molar-refractivity contribution in [2.75, 3.05) is 31.3 Å². The average molecular weight is 680 g/mol. The van der Waals surface area contributed by atoms with Crippen LogP contribution < -0.4 is 23.8 Å². The molecule has 0 radical (unpaired) electrons. The summed E-state index contributed by atoms with van der Waals surface area (Å²) >= 11 is 8.65. The van der Waals surface area contributed by atoms with Crippen LogP contribution in [0.4, 0.5) is 5.13 Å². The molecule has 1 N–H and O–H groups in total. The van der Waals surface area contributed by atoms with Crippen molar-refractivity contribution >= 4 is 57.3 Å². The Labute approximate surface area is 278 Å². The lowest BCUT2D eigenvalue weighted by atomic mass is 9.95. The maximum atomic E-state index is 13.8. The Kier molecular flexibility index (Phi) is 9.67. The minimum absolute atomic E-state index is 0.100. The van der Waals surface area contributed by atoms with Crippen LogP contribution in [0.1, 0.15) is 43.0 Å². The molecule has 6 rings (SSSR count). The molecule has 0 aliphatic carbocycles. The standard InChI is InChI=1S/C33H30ClN3O7S2/c1-3-13-42-23-11-7-20(16-25(23)41-4-2)28-27(29(38)21-8-12-24-26(17-21)44-15-14-43-24)30(39)31(40)37(28)32-35-36-33(46-32)45-18-19-5-9-22(34)10-6-19/h5-12,16-17,28,38H,3-4,13-15,18H2,1-2H3/b29-27+/t28-/m0/s1. The van der Waals surface area contributed by atoms with E-state index in [9.17, 15) is 14.7 Å². The number of aliphatic hydroxyl groups is 1. The molecule has 1 saturated heterocycles. The van der Waals surface area contributed by atoms with Gasteiger partial charge in [-0.2, -0.15) is 0 Å². The first kappa shape index (κ1) is 31.7. The van der Waals surface area contributed by atoms with E-state index in [1.54, 1.807) is 36.4 Å². The van der Waals surface area contributed by atoms with Crippen molar-refractivity contribution in [1.29, 1.82) is 0 Å². The third-order valence-electron chi connectivity index (χ3n) is 7.18. The SMILES string of the molecule is CCCOc1ccc([C@H]2/C(=C(\O)c3ccc4c(c3)OCCO4)C(=O)C(=O)N2c2nnc(SCc3ccc(Cl)cc3)s2)cc1OCC. The van der Waals surface area contributed by atoms with E-state index in [4.69, 9.17) is 30.5 Å². The molecule has 46 heavy (non-hydrogen) atoms. The quantitative estimate of drug-likeness (QED) is 0.0579. The van der Waals surface area contributed by atoms with Crippen LogP contribution in [0.5, 0.6) is 23.0 Å². The maximum absolute atomic E-state index is 13.8. The van der Waals surface area contributed by atoms with E-state index in [1.165, 1.54) is 28.0 Å². The minimum Gasteiger partial charge on any atom is -0.507 e. The van der Waals surface area contributed by atoms with E-state index in [2.05, 4.69) is 10.2 Å². The van der Waals surface area contributed by atoms with Gasteiger partial charge in [0.05, 0.1) is 24.8 Å². The fourth-order valence-corrected chi connectivity index (χ4v) is 7.02. The summed E-state index contributed by atoms with van der Waals surface area (Å²) in [6.45, 7) is 5.48. The molecule has 238 valence electrons. The van der Waals surface area contributed by atoms with Gasteiger partial charge < -0.3 is 24.1 Å². The molecule has 0 bridgehead atoms. The van der Waals surface area contributed by atoms with Gasteiger partial charge in [0.2, 0.25) is 5.13 Å². The Bertz CT molecular complexity index is 1790. The van der Waals surface area contributed by atoms with Crippen LogP contribution in [0.3, 0.4) is 0 Å². The largest absolute Gasteiger partial charge is 0.507 e. The number of carbonyl (C=O) groups excluding carboxylic acids is 2. The molecule has 13 heteroatoms. The maximum Gasteiger partial charge on any atom is 0.301 e. The van der Waals surface area contributed by atoms with Gasteiger partial charge in [-0.15, -0.1) is 10.2 Å². The third kappa shape index (κ3) is 6.51. The van der Waals surface area contributed by atoms with Crippen molar-refractivity contribution < 1.29 is 33.6 Å². The second-order valence-electron chi connectivity index (χ2n) is 10.3. The van der Waals surface area contributed by atoms with Gasteiger partial charge >= 0.3 is 5.91 Å². The summed E-state index contributed by atoms with van der Waals surface area (Å²) in [5, 5.41) is 21.1. The number of anilines is 1. The summed E-state index contributed by atoms with van der Waals surface area (Å²) in [5.74, 6) is 0.516. The number of hydrogen-bond acceptors (Lipinski definition) is 11. The zero-order chi connectivity index (χ0) is 32.2. The third-order valence-corrected chi connectivity index (χ3v) is 9.56. The second-order valence-corrected chi connectivity index (χ2v) is 12.9.